The number of Topliss-reactive ketones (excluding diaryl/α,β-unsaturated/α-hetero) is 1. The summed E-state index contributed by atoms with van der Waals surface area (Å²) in [6.45, 7) is 4.98. The number of hydrogen-bond donors (Lipinski definition) is 1. The quantitative estimate of drug-likeness (QED) is 0.329. The van der Waals surface area contributed by atoms with Crippen LogP contribution < -0.4 is 5.32 Å². The van der Waals surface area contributed by atoms with Crippen LogP contribution in [0, 0.1) is 17.5 Å². The normalized spacial score (nSPS) is 14.6. The van der Waals surface area contributed by atoms with Crippen LogP contribution in [-0.2, 0) is 35.2 Å². The number of carbonyl (C=O) groups excluding carboxylic acids is 3. The molecule has 0 radical (unpaired) electrons. The molecule has 0 spiro atoms. The average molecular weight is 548 g/mol. The van der Waals surface area contributed by atoms with Crippen LogP contribution >= 0.6 is 0 Å². The number of fused-ring (bicyclic) bond motifs is 1. The van der Waals surface area contributed by atoms with Gasteiger partial charge in [-0.05, 0) is 38.8 Å². The number of alkyl carbamates (subject to hydrolysis) is 1. The molecule has 0 saturated carbocycles. The SMILES string of the molecule is CC(=O)c1nc(C(F)(F)F)n2c1CN(C(=O)C[C@@H](Cc1cc(F)c(F)cc1F)NC(=O)OC(C)(C)C)CC2. The van der Waals surface area contributed by atoms with Crippen LogP contribution in [0.25, 0.3) is 0 Å². The molecule has 1 N–H and O–H groups in total. The van der Waals surface area contributed by atoms with Gasteiger partial charge in [-0.2, -0.15) is 13.2 Å². The first-order valence-electron chi connectivity index (χ1n) is 11.5. The second kappa shape index (κ2) is 10.7. The molecule has 2 amide bonds. The second-order valence-corrected chi connectivity index (χ2v) is 9.86. The van der Waals surface area contributed by atoms with E-state index in [-0.39, 0.29) is 30.9 Å². The standard InChI is InChI=1S/C24H26F6N4O4/c1-12(35)20-18-11-33(5-6-34(18)21(32-20)24(28,29)30)19(36)9-14(31-22(37)38-23(2,3)4)7-13-8-16(26)17(27)10-15(13)25/h8,10,14H,5-7,9,11H2,1-4H3,(H,31,37)/t14-/m1/s1. The summed E-state index contributed by atoms with van der Waals surface area (Å²) in [5, 5.41) is 2.41. The third-order valence-corrected chi connectivity index (χ3v) is 5.64. The van der Waals surface area contributed by atoms with E-state index >= 15 is 0 Å². The fraction of sp³-hybridized carbons (Fsp3) is 0.500. The Bertz CT molecular complexity index is 1250. The van der Waals surface area contributed by atoms with Crippen LogP contribution in [0.1, 0.15) is 61.7 Å². The molecule has 1 aromatic carbocycles. The van der Waals surface area contributed by atoms with Crippen LogP contribution in [0.15, 0.2) is 12.1 Å². The van der Waals surface area contributed by atoms with Gasteiger partial charge in [-0.3, -0.25) is 9.59 Å². The molecule has 2 aromatic rings. The van der Waals surface area contributed by atoms with Crippen molar-refractivity contribution < 1.29 is 45.5 Å². The van der Waals surface area contributed by atoms with Gasteiger partial charge in [-0.25, -0.2) is 22.9 Å². The number of imidazole rings is 1. The molecule has 14 heteroatoms. The van der Waals surface area contributed by atoms with E-state index in [0.717, 1.165) is 11.5 Å². The van der Waals surface area contributed by atoms with Gasteiger partial charge in [0.15, 0.2) is 17.4 Å². The molecule has 0 bridgehead atoms. The number of hydrogen-bond acceptors (Lipinski definition) is 5. The van der Waals surface area contributed by atoms with Crippen molar-refractivity contribution in [1.29, 1.82) is 0 Å². The number of halogens is 6. The molecule has 1 aromatic heterocycles. The number of alkyl halides is 3. The monoisotopic (exact) mass is 548 g/mol. The van der Waals surface area contributed by atoms with Crippen molar-refractivity contribution >= 4 is 17.8 Å². The highest BCUT2D eigenvalue weighted by Gasteiger charge is 2.41. The molecule has 1 aliphatic heterocycles. The highest BCUT2D eigenvalue weighted by atomic mass is 19.4. The summed E-state index contributed by atoms with van der Waals surface area (Å²) in [5.74, 6) is -6.45. The van der Waals surface area contributed by atoms with Crippen LogP contribution in [0.3, 0.4) is 0 Å². The van der Waals surface area contributed by atoms with Crippen LogP contribution in [0.2, 0.25) is 0 Å². The predicted octanol–water partition coefficient (Wildman–Crippen LogP) is 4.39. The summed E-state index contributed by atoms with van der Waals surface area (Å²) in [6.07, 6.45) is -6.67. The Morgan fingerprint density at radius 2 is 1.68 bits per heavy atom. The average Bonchev–Trinajstić information content (AvgIpc) is 3.15. The molecule has 2 heterocycles. The van der Waals surface area contributed by atoms with E-state index in [9.17, 15) is 40.7 Å². The van der Waals surface area contributed by atoms with E-state index in [1.54, 1.807) is 20.8 Å². The molecule has 0 unspecified atom stereocenters. The van der Waals surface area contributed by atoms with E-state index in [1.165, 1.54) is 4.90 Å². The maximum absolute atomic E-state index is 14.3. The van der Waals surface area contributed by atoms with Crippen LogP contribution in [0.4, 0.5) is 31.1 Å². The number of nitrogens with zero attached hydrogens (tertiary/aromatic N) is 3. The molecule has 0 aliphatic carbocycles. The van der Waals surface area contributed by atoms with Gasteiger partial charge in [0.25, 0.3) is 0 Å². The molecule has 1 aliphatic rings. The maximum Gasteiger partial charge on any atom is 0.449 e. The number of ether oxygens (including phenoxy) is 1. The minimum Gasteiger partial charge on any atom is -0.444 e. The summed E-state index contributed by atoms with van der Waals surface area (Å²) in [4.78, 5) is 42.0. The first-order valence-corrected chi connectivity index (χ1v) is 11.5. The predicted molar refractivity (Wildman–Crippen MR) is 120 cm³/mol. The van der Waals surface area contributed by atoms with Crippen molar-refractivity contribution in [2.24, 2.45) is 0 Å². The van der Waals surface area contributed by atoms with E-state index in [4.69, 9.17) is 4.74 Å². The van der Waals surface area contributed by atoms with Gasteiger partial charge in [-0.1, -0.05) is 0 Å². The van der Waals surface area contributed by atoms with E-state index in [2.05, 4.69) is 10.3 Å². The molecule has 1 atom stereocenters. The highest BCUT2D eigenvalue weighted by molar-refractivity contribution is 5.93. The summed E-state index contributed by atoms with van der Waals surface area (Å²) in [7, 11) is 0. The van der Waals surface area contributed by atoms with Gasteiger partial charge in [0, 0.05) is 38.5 Å². The smallest absolute Gasteiger partial charge is 0.444 e. The first kappa shape index (κ1) is 29.0. The summed E-state index contributed by atoms with van der Waals surface area (Å²) in [5.41, 5.74) is -1.74. The number of benzene rings is 1. The van der Waals surface area contributed by atoms with Crippen molar-refractivity contribution in [2.75, 3.05) is 6.54 Å². The second-order valence-electron chi connectivity index (χ2n) is 9.86. The fourth-order valence-electron chi connectivity index (χ4n) is 4.05. The van der Waals surface area contributed by atoms with Crippen molar-refractivity contribution in [1.82, 2.24) is 19.8 Å². The lowest BCUT2D eigenvalue weighted by molar-refractivity contribution is -0.148. The Kier molecular flexibility index (Phi) is 8.13. The largest absolute Gasteiger partial charge is 0.449 e. The first-order chi connectivity index (χ1) is 17.5. The lowest BCUT2D eigenvalue weighted by Gasteiger charge is -2.31. The van der Waals surface area contributed by atoms with Gasteiger partial charge in [0.1, 0.15) is 17.1 Å². The lowest BCUT2D eigenvalue weighted by atomic mass is 10.0. The molecular weight excluding hydrogens is 522 g/mol. The van der Waals surface area contributed by atoms with Crippen molar-refractivity contribution in [2.45, 2.75) is 71.4 Å². The molecular formula is C24H26F6N4O4. The van der Waals surface area contributed by atoms with E-state index < -0.39 is 77.4 Å². The molecule has 38 heavy (non-hydrogen) atoms. The van der Waals surface area contributed by atoms with Crippen molar-refractivity contribution in [3.8, 4) is 0 Å². The number of carbonyl (C=O) groups is 3. The van der Waals surface area contributed by atoms with Crippen LogP contribution in [0.5, 0.6) is 0 Å². The van der Waals surface area contributed by atoms with Crippen molar-refractivity contribution in [3.63, 3.8) is 0 Å². The highest BCUT2D eigenvalue weighted by Crippen LogP contribution is 2.32. The topological polar surface area (TPSA) is 93.5 Å². The Morgan fingerprint density at radius 1 is 1.05 bits per heavy atom. The summed E-state index contributed by atoms with van der Waals surface area (Å²) in [6, 6.07) is -0.206. The van der Waals surface area contributed by atoms with Gasteiger partial charge in [0.05, 0.1) is 12.2 Å². The van der Waals surface area contributed by atoms with Crippen molar-refractivity contribution in [3.05, 3.63) is 52.4 Å². The van der Waals surface area contributed by atoms with Gasteiger partial charge >= 0.3 is 12.3 Å². The third kappa shape index (κ3) is 6.84. The molecule has 3 rings (SSSR count). The lowest BCUT2D eigenvalue weighted by Crippen LogP contribution is -2.45. The number of nitrogens with one attached hydrogen (secondary N) is 1. The molecule has 0 fully saturated rings. The Morgan fingerprint density at radius 3 is 2.26 bits per heavy atom. The molecule has 0 saturated heterocycles. The Labute approximate surface area is 213 Å². The Balaban J connectivity index is 1.84. The van der Waals surface area contributed by atoms with Gasteiger partial charge in [0.2, 0.25) is 11.7 Å². The summed E-state index contributed by atoms with van der Waals surface area (Å²) >= 11 is 0. The number of ketones is 1. The number of rotatable bonds is 6. The van der Waals surface area contributed by atoms with Gasteiger partial charge < -0.3 is 19.5 Å². The minimum atomic E-state index is -4.81. The Hall–Kier alpha value is -3.58. The molecule has 208 valence electrons. The zero-order valence-electron chi connectivity index (χ0n) is 21.0. The number of amides is 2. The minimum absolute atomic E-state index is 0.0901. The zero-order valence-corrected chi connectivity index (χ0v) is 21.0. The van der Waals surface area contributed by atoms with E-state index in [0.29, 0.717) is 12.1 Å². The van der Waals surface area contributed by atoms with Crippen LogP contribution in [-0.4, -0.2) is 50.4 Å². The summed E-state index contributed by atoms with van der Waals surface area (Å²) < 4.78 is 87.6. The zero-order chi connectivity index (χ0) is 28.6. The number of aromatic nitrogens is 2. The fourth-order valence-corrected chi connectivity index (χ4v) is 4.05. The third-order valence-electron chi connectivity index (χ3n) is 5.64. The van der Waals surface area contributed by atoms with Gasteiger partial charge in [-0.15, -0.1) is 0 Å². The maximum atomic E-state index is 14.3. The molecule has 8 nitrogen and oxygen atoms in total. The van der Waals surface area contributed by atoms with E-state index in [1.807, 2.05) is 0 Å².